The zero-order valence-corrected chi connectivity index (χ0v) is 80.1. The molecule has 0 aromatic carbocycles. The van der Waals surface area contributed by atoms with Crippen molar-refractivity contribution in [3.63, 3.8) is 0 Å². The van der Waals surface area contributed by atoms with E-state index in [0.29, 0.717) is 48.5 Å². The summed E-state index contributed by atoms with van der Waals surface area (Å²) in [4.78, 5) is 68.2. The van der Waals surface area contributed by atoms with Gasteiger partial charge in [0.1, 0.15) is 112 Å². The van der Waals surface area contributed by atoms with E-state index in [1.54, 1.807) is 0 Å². The second-order valence-corrected chi connectivity index (χ2v) is 30.6. The average molecular weight is 1540 g/mol. The molecule has 542 valence electrons. The Kier molecular flexibility index (Phi) is 32.7. The van der Waals surface area contributed by atoms with Crippen LogP contribution < -0.4 is 282 Å². The van der Waals surface area contributed by atoms with Gasteiger partial charge in [0.2, 0.25) is 0 Å². The molecule has 0 aromatic rings. The van der Waals surface area contributed by atoms with Gasteiger partial charge >= 0.3 is 257 Å². The van der Waals surface area contributed by atoms with E-state index in [1.165, 1.54) is 39.5 Å². The Bertz CT molecular complexity index is 2990. The van der Waals surface area contributed by atoms with E-state index in [2.05, 4.69) is 13.8 Å². The summed E-state index contributed by atoms with van der Waals surface area (Å²) in [6.07, 6.45) is 5.54. The van der Waals surface area contributed by atoms with E-state index in [1.807, 2.05) is 0 Å². The number of unbranched alkanes of at least 4 members (excludes halogenated alkanes) is 3. The van der Waals surface area contributed by atoms with E-state index in [9.17, 15) is 101 Å². The van der Waals surface area contributed by atoms with Crippen molar-refractivity contribution in [3.8, 4) is 0 Å². The zero-order chi connectivity index (χ0) is 74.3. The Labute approximate surface area is 788 Å². The molecule has 5 rings (SSSR count). The van der Waals surface area contributed by atoms with Gasteiger partial charge in [-0.05, 0) is 180 Å². The van der Waals surface area contributed by atoms with Gasteiger partial charge in [0.15, 0.2) is 23.1 Å². The average Bonchev–Trinajstić information content (AvgIpc) is 0.668. The van der Waals surface area contributed by atoms with Crippen molar-refractivity contribution < 1.29 is 405 Å². The Morgan fingerprint density at radius 3 is 0.592 bits per heavy atom. The fraction of sp³-hybridized carbons (Fsp3) is 0.921. The summed E-state index contributed by atoms with van der Waals surface area (Å²) in [7, 11) is 0.968. The standard InChI is InChI=1S/C57H96O30.C6H14.5K/c1-33(2)39(8,68)40(9,69)50(19,35(4,79-33)29(60)61)84-55(24)46(15,75)42(11,71)52(21,37(6,81-55)31(64)65)86-57(26)48(17,77)44(13,73)53(22,38(7,83-57)32(66)67)87-56(25)47(16,76)43(12,72)51(20,36(5,82-56)30(62)63)85-54(23)45(14,74)41(10,70)49(18,78-27)34(3,80-54)28(58)59;1-3-5-6-4-2;;;;;/h68-77H,1-27H3,(H,58,59)(H,60,61)(H,62,63)(H,64,65)(H,66,67);3-6H2,1-2H3;;;;;/q;;5*+1/p-5/t34?,35?,36-,37-,38?,39?,40-,41-,42?,43?,44+,45?,46?,47?,48?,49+,50+,51+,52+,53+,54-,55-,56-,57-;;;;;;/m0....../s1. The molecular weight excluding hydrogens is 1430 g/mol. The van der Waals surface area contributed by atoms with Crippen molar-refractivity contribution in [1.82, 2.24) is 0 Å². The van der Waals surface area contributed by atoms with Gasteiger partial charge in [0.05, 0.1) is 35.4 Å². The first kappa shape index (κ1) is 105. The number of ether oxygens (including phenoxy) is 10. The van der Waals surface area contributed by atoms with Crippen molar-refractivity contribution in [3.05, 3.63) is 0 Å². The number of hydrogen-bond acceptors (Lipinski definition) is 30. The van der Waals surface area contributed by atoms with Crippen LogP contribution in [0.3, 0.4) is 0 Å². The van der Waals surface area contributed by atoms with Crippen LogP contribution in [-0.4, -0.2) is 229 Å². The molecule has 0 amide bonds. The number of rotatable bonds is 17. The molecule has 0 aromatic heterocycles. The van der Waals surface area contributed by atoms with Gasteiger partial charge in [-0.15, -0.1) is 0 Å². The molecule has 5 saturated heterocycles. The molecule has 24 atom stereocenters. The van der Waals surface area contributed by atoms with Crippen LogP contribution in [-0.2, 0) is 71.3 Å². The van der Waals surface area contributed by atoms with Crippen molar-refractivity contribution in [2.24, 2.45) is 0 Å². The van der Waals surface area contributed by atoms with Crippen LogP contribution in [0.15, 0.2) is 0 Å². The Balaban J connectivity index is 0. The number of aliphatic carboxylic acids is 5. The van der Waals surface area contributed by atoms with Crippen molar-refractivity contribution in [1.29, 1.82) is 0 Å². The minimum Gasteiger partial charge on any atom is -0.547 e. The molecule has 5 aliphatic rings. The third-order valence-electron chi connectivity index (χ3n) is 25.6. The molecule has 5 heterocycles. The predicted molar refractivity (Wildman–Crippen MR) is 310 cm³/mol. The van der Waals surface area contributed by atoms with Crippen LogP contribution in [0.25, 0.3) is 0 Å². The summed E-state index contributed by atoms with van der Waals surface area (Å²) < 4.78 is 61.5. The van der Waals surface area contributed by atoms with Crippen LogP contribution in [0.2, 0.25) is 0 Å². The first-order valence-corrected chi connectivity index (χ1v) is 30.7. The summed E-state index contributed by atoms with van der Waals surface area (Å²) in [5.74, 6) is -24.3. The van der Waals surface area contributed by atoms with Crippen molar-refractivity contribution in [2.75, 3.05) is 7.11 Å². The molecular formula is C63H105K5O30. The van der Waals surface area contributed by atoms with E-state index in [-0.39, 0.29) is 257 Å². The number of aliphatic hydroxyl groups is 10. The molecule has 10 N–H and O–H groups in total. The monoisotopic (exact) mass is 1540 g/mol. The summed E-state index contributed by atoms with van der Waals surface area (Å²) in [5, 5.41) is 195. The molecule has 98 heavy (non-hydrogen) atoms. The first-order valence-electron chi connectivity index (χ1n) is 30.7. The predicted octanol–water partition coefficient (Wildman–Crippen LogP) is -19.1. The molecule has 10 unspecified atom stereocenters. The fourth-order valence-corrected chi connectivity index (χ4v) is 15.0. The first-order chi connectivity index (χ1) is 40.6. The third-order valence-corrected chi connectivity index (χ3v) is 25.6. The summed E-state index contributed by atoms with van der Waals surface area (Å²) in [6.45, 7) is 25.9. The maximum atomic E-state index is 14.1. The largest absolute Gasteiger partial charge is 1.00 e. The van der Waals surface area contributed by atoms with Gasteiger partial charge in [-0.1, -0.05) is 39.5 Å². The van der Waals surface area contributed by atoms with Gasteiger partial charge in [0.25, 0.3) is 0 Å². The quantitative estimate of drug-likeness (QED) is 0.0477. The van der Waals surface area contributed by atoms with Gasteiger partial charge < -0.3 is 148 Å². The number of carboxylic acids is 5. The number of hydrogen-bond donors (Lipinski definition) is 10. The maximum Gasteiger partial charge on any atom is 1.00 e. The van der Waals surface area contributed by atoms with E-state index in [4.69, 9.17) is 47.4 Å². The van der Waals surface area contributed by atoms with Crippen LogP contribution in [0.5, 0.6) is 0 Å². The second-order valence-electron chi connectivity index (χ2n) is 30.6. The minimum absolute atomic E-state index is 0. The smallest absolute Gasteiger partial charge is 0.547 e. The Morgan fingerprint density at radius 1 is 0.276 bits per heavy atom. The van der Waals surface area contributed by atoms with E-state index >= 15 is 0 Å². The van der Waals surface area contributed by atoms with Gasteiger partial charge in [-0.2, -0.15) is 0 Å². The molecule has 0 bridgehead atoms. The van der Waals surface area contributed by atoms with Gasteiger partial charge in [-0.3, -0.25) is 0 Å². The Morgan fingerprint density at radius 2 is 0.429 bits per heavy atom. The summed E-state index contributed by atoms with van der Waals surface area (Å²) >= 11 is 0. The third kappa shape index (κ3) is 13.3. The molecule has 35 heteroatoms. The molecule has 0 aliphatic carbocycles. The molecule has 0 radical (unpaired) electrons. The fourth-order valence-electron chi connectivity index (χ4n) is 15.0. The number of carboxylic acid groups (broad SMARTS) is 5. The molecule has 30 nitrogen and oxygen atoms in total. The second kappa shape index (κ2) is 30.6. The normalized spacial score (nSPS) is 52.6. The van der Waals surface area contributed by atoms with Crippen LogP contribution in [0, 0.1) is 0 Å². The topological polar surface area (TPSA) is 495 Å². The van der Waals surface area contributed by atoms with Crippen molar-refractivity contribution >= 4 is 29.8 Å². The molecule has 0 spiro atoms. The van der Waals surface area contributed by atoms with Crippen LogP contribution in [0.1, 0.15) is 220 Å². The van der Waals surface area contributed by atoms with Gasteiger partial charge in [0, 0.05) is 7.11 Å². The number of carbonyl (C=O) groups excluding carboxylic acids is 5. The summed E-state index contributed by atoms with van der Waals surface area (Å²) in [5.41, 5.74) is -64.6. The van der Waals surface area contributed by atoms with Gasteiger partial charge in [-0.25, -0.2) is 0 Å². The number of methoxy groups -OCH3 is 1. The molecule has 5 aliphatic heterocycles. The Hall–Kier alpha value is 4.73. The molecule has 5 fully saturated rings. The summed E-state index contributed by atoms with van der Waals surface area (Å²) in [6, 6.07) is 0. The van der Waals surface area contributed by atoms with E-state index in [0.717, 1.165) is 125 Å². The van der Waals surface area contributed by atoms with Crippen LogP contribution >= 0.6 is 0 Å². The minimum atomic E-state index is -3.50. The molecule has 0 saturated carbocycles. The maximum absolute atomic E-state index is 14.1. The zero-order valence-electron chi connectivity index (χ0n) is 64.5. The number of carbonyl (C=O) groups is 5. The van der Waals surface area contributed by atoms with Crippen LogP contribution in [0.4, 0.5) is 0 Å². The SMILES string of the molecule is CCCCCC.CO[C@]1(C)C(C)(C(=O)[O-])O[C@@](C)(O[C@@]2(C)C(C)(O)C(C)(O)[C@](C)(O[C@]3(C)C(C)(C(=O)[O-])O[C@@](C)(O[C@@]4(C)C(C)(O)C(C)(O)[C@](C)(O[C@]5(C)C(C)(C(=O)[O-])OC(C)(C)C(C)(O)[C@]5(C)O)O[C@@]4(C)C(=O)[O-])C(C)(O)[C@@]3(C)O)O[C@@]2(C)C(=O)[O-])C(C)(O)[C@]1(C)O.[K+].[K+].[K+].[K+].[K+]. The van der Waals surface area contributed by atoms with E-state index < -0.39 is 171 Å². The van der Waals surface area contributed by atoms with Crippen molar-refractivity contribution in [2.45, 2.75) is 360 Å².